The van der Waals surface area contributed by atoms with Gasteiger partial charge in [-0.05, 0) is 5.92 Å². The summed E-state index contributed by atoms with van der Waals surface area (Å²) in [6, 6.07) is 0. The normalized spacial score (nSPS) is 12.1. The van der Waals surface area contributed by atoms with Crippen molar-refractivity contribution in [2.24, 2.45) is 17.4 Å². The molecule has 0 aliphatic carbocycles. The number of carbonyl (C=O) groups is 1. The Bertz CT molecular complexity index is 120. The largest absolute Gasteiger partial charge is 0.479 e. The Labute approximate surface area is 53.8 Å². The van der Waals surface area contributed by atoms with E-state index in [0.29, 0.717) is 0 Å². The molecule has 4 heteroatoms. The van der Waals surface area contributed by atoms with E-state index in [1.807, 2.05) is 0 Å². The molecule has 0 atom stereocenters. The zero-order chi connectivity index (χ0) is 7.65. The van der Waals surface area contributed by atoms with Crippen molar-refractivity contribution >= 4 is 5.97 Å². The molecule has 0 heterocycles. The van der Waals surface area contributed by atoms with Gasteiger partial charge >= 0.3 is 5.97 Å². The molecule has 0 aliphatic rings. The molecule has 0 spiro atoms. The lowest BCUT2D eigenvalue weighted by Crippen LogP contribution is -2.60. The Morgan fingerprint density at radius 3 is 1.89 bits per heavy atom. The van der Waals surface area contributed by atoms with Gasteiger partial charge in [0.05, 0.1) is 0 Å². The quantitative estimate of drug-likeness (QED) is 0.435. The number of rotatable bonds is 2. The SMILES string of the molecule is CC(C)C(N)(N)C(=O)O. The predicted molar refractivity (Wildman–Crippen MR) is 33.6 cm³/mol. The van der Waals surface area contributed by atoms with E-state index in [9.17, 15) is 4.79 Å². The molecule has 5 N–H and O–H groups in total. The summed E-state index contributed by atoms with van der Waals surface area (Å²) in [5.41, 5.74) is 8.78. The third-order valence-corrected chi connectivity index (χ3v) is 1.33. The van der Waals surface area contributed by atoms with Gasteiger partial charge in [-0.25, -0.2) is 4.79 Å². The van der Waals surface area contributed by atoms with Crippen molar-refractivity contribution in [3.8, 4) is 0 Å². The van der Waals surface area contributed by atoms with E-state index in [4.69, 9.17) is 16.6 Å². The summed E-state index contributed by atoms with van der Waals surface area (Å²) in [5, 5.41) is 8.36. The van der Waals surface area contributed by atoms with Crippen LogP contribution in [0.1, 0.15) is 13.8 Å². The second-order valence-electron chi connectivity index (χ2n) is 2.39. The average Bonchev–Trinajstić information content (AvgIpc) is 1.65. The first-order chi connectivity index (χ1) is 3.89. The standard InChI is InChI=1S/C5H12N2O2/c1-3(2)5(6,7)4(8)9/h3H,6-7H2,1-2H3,(H,8,9). The molecule has 0 aromatic rings. The fourth-order valence-electron chi connectivity index (χ4n) is 0.247. The Kier molecular flexibility index (Phi) is 2.17. The van der Waals surface area contributed by atoms with Gasteiger partial charge in [-0.1, -0.05) is 13.8 Å². The predicted octanol–water partition coefficient (Wildman–Crippen LogP) is -0.659. The Morgan fingerprint density at radius 2 is 1.89 bits per heavy atom. The number of hydrogen-bond donors (Lipinski definition) is 3. The molecular weight excluding hydrogens is 120 g/mol. The number of carboxylic acids is 1. The molecule has 0 amide bonds. The first-order valence-corrected chi connectivity index (χ1v) is 2.70. The lowest BCUT2D eigenvalue weighted by Gasteiger charge is -2.22. The van der Waals surface area contributed by atoms with Crippen LogP contribution in [0.3, 0.4) is 0 Å². The van der Waals surface area contributed by atoms with Gasteiger partial charge in [-0.15, -0.1) is 0 Å². The van der Waals surface area contributed by atoms with Gasteiger partial charge in [0.2, 0.25) is 0 Å². The van der Waals surface area contributed by atoms with Crippen molar-refractivity contribution in [1.29, 1.82) is 0 Å². The second-order valence-corrected chi connectivity index (χ2v) is 2.39. The van der Waals surface area contributed by atoms with Crippen LogP contribution in [0, 0.1) is 5.92 Å². The molecule has 0 unspecified atom stereocenters. The second kappa shape index (κ2) is 2.33. The summed E-state index contributed by atoms with van der Waals surface area (Å²) in [6.45, 7) is 3.32. The molecule has 54 valence electrons. The van der Waals surface area contributed by atoms with Gasteiger partial charge in [0.15, 0.2) is 5.66 Å². The van der Waals surface area contributed by atoms with Gasteiger partial charge in [-0.2, -0.15) is 0 Å². The van der Waals surface area contributed by atoms with Crippen molar-refractivity contribution in [3.05, 3.63) is 0 Å². The smallest absolute Gasteiger partial charge is 0.338 e. The third kappa shape index (κ3) is 1.65. The summed E-state index contributed by atoms with van der Waals surface area (Å²) >= 11 is 0. The lowest BCUT2D eigenvalue weighted by molar-refractivity contribution is -0.144. The first-order valence-electron chi connectivity index (χ1n) is 2.70. The van der Waals surface area contributed by atoms with Crippen molar-refractivity contribution in [2.75, 3.05) is 0 Å². The van der Waals surface area contributed by atoms with Crippen molar-refractivity contribution in [3.63, 3.8) is 0 Å². The maximum atomic E-state index is 10.2. The van der Waals surface area contributed by atoms with E-state index in [-0.39, 0.29) is 5.92 Å². The Balaban J connectivity index is 4.19. The van der Waals surface area contributed by atoms with Crippen LogP contribution in [0.2, 0.25) is 0 Å². The van der Waals surface area contributed by atoms with E-state index in [0.717, 1.165) is 0 Å². The van der Waals surface area contributed by atoms with Crippen LogP contribution in [-0.2, 0) is 4.79 Å². The van der Waals surface area contributed by atoms with Crippen molar-refractivity contribution < 1.29 is 9.90 Å². The van der Waals surface area contributed by atoms with Crippen LogP contribution in [0.15, 0.2) is 0 Å². The van der Waals surface area contributed by atoms with Crippen LogP contribution in [0.5, 0.6) is 0 Å². The lowest BCUT2D eigenvalue weighted by atomic mass is 9.99. The van der Waals surface area contributed by atoms with Crippen LogP contribution >= 0.6 is 0 Å². The monoisotopic (exact) mass is 132 g/mol. The minimum absolute atomic E-state index is 0.255. The minimum Gasteiger partial charge on any atom is -0.479 e. The van der Waals surface area contributed by atoms with Crippen LogP contribution < -0.4 is 11.5 Å². The van der Waals surface area contributed by atoms with Crippen LogP contribution in [0.4, 0.5) is 0 Å². The van der Waals surface area contributed by atoms with Gasteiger partial charge in [0, 0.05) is 0 Å². The van der Waals surface area contributed by atoms with E-state index < -0.39 is 11.6 Å². The van der Waals surface area contributed by atoms with Crippen molar-refractivity contribution in [1.82, 2.24) is 0 Å². The average molecular weight is 132 g/mol. The maximum Gasteiger partial charge on any atom is 0.338 e. The van der Waals surface area contributed by atoms with E-state index in [1.165, 1.54) is 0 Å². The topological polar surface area (TPSA) is 89.3 Å². The highest BCUT2D eigenvalue weighted by Crippen LogP contribution is 2.05. The summed E-state index contributed by atoms with van der Waals surface area (Å²) < 4.78 is 0. The molecule has 4 nitrogen and oxygen atoms in total. The molecule has 0 aliphatic heterocycles. The number of hydrogen-bond acceptors (Lipinski definition) is 3. The van der Waals surface area contributed by atoms with E-state index >= 15 is 0 Å². The minimum atomic E-state index is -1.58. The maximum absolute atomic E-state index is 10.2. The molecule has 0 aromatic carbocycles. The fourth-order valence-corrected chi connectivity index (χ4v) is 0.247. The molecule has 0 bridgehead atoms. The summed E-state index contributed by atoms with van der Waals surface area (Å²) in [6.07, 6.45) is 0. The number of carboxylic acid groups (broad SMARTS) is 1. The first kappa shape index (κ1) is 8.39. The Hall–Kier alpha value is -0.610. The van der Waals surface area contributed by atoms with Crippen LogP contribution in [0.25, 0.3) is 0 Å². The molecule has 0 saturated carbocycles. The van der Waals surface area contributed by atoms with Gasteiger partial charge in [-0.3, -0.25) is 0 Å². The Morgan fingerprint density at radius 1 is 1.56 bits per heavy atom. The molecule has 0 rings (SSSR count). The van der Waals surface area contributed by atoms with Gasteiger partial charge in [0.1, 0.15) is 0 Å². The zero-order valence-corrected chi connectivity index (χ0v) is 5.59. The van der Waals surface area contributed by atoms with E-state index in [2.05, 4.69) is 0 Å². The highest BCUT2D eigenvalue weighted by atomic mass is 16.4. The van der Waals surface area contributed by atoms with Crippen LogP contribution in [-0.4, -0.2) is 16.7 Å². The van der Waals surface area contributed by atoms with Crippen molar-refractivity contribution in [2.45, 2.75) is 19.5 Å². The molecule has 0 fully saturated rings. The molecule has 0 radical (unpaired) electrons. The summed E-state index contributed by atoms with van der Waals surface area (Å²) in [7, 11) is 0. The highest BCUT2D eigenvalue weighted by Gasteiger charge is 2.32. The molecule has 0 saturated heterocycles. The number of aliphatic carboxylic acids is 1. The van der Waals surface area contributed by atoms with Gasteiger partial charge < -0.3 is 16.6 Å². The summed E-state index contributed by atoms with van der Waals surface area (Å²) in [5.74, 6) is -1.42. The highest BCUT2D eigenvalue weighted by molar-refractivity contribution is 5.77. The summed E-state index contributed by atoms with van der Waals surface area (Å²) in [4.78, 5) is 10.2. The number of nitrogens with two attached hydrogens (primary N) is 2. The third-order valence-electron chi connectivity index (χ3n) is 1.33. The zero-order valence-electron chi connectivity index (χ0n) is 5.59. The fraction of sp³-hybridized carbons (Fsp3) is 0.800. The molecule has 9 heavy (non-hydrogen) atoms. The molecular formula is C5H12N2O2. The molecule has 0 aromatic heterocycles. The van der Waals surface area contributed by atoms with Gasteiger partial charge in [0.25, 0.3) is 0 Å². The van der Waals surface area contributed by atoms with E-state index in [1.54, 1.807) is 13.8 Å².